The summed E-state index contributed by atoms with van der Waals surface area (Å²) in [6.45, 7) is 0. The van der Waals surface area contributed by atoms with E-state index in [9.17, 15) is 0 Å². The monoisotopic (exact) mass is 585 g/mol. The highest BCUT2D eigenvalue weighted by molar-refractivity contribution is 6.15. The number of benzene rings is 7. The highest BCUT2D eigenvalue weighted by Crippen LogP contribution is 2.40. The van der Waals surface area contributed by atoms with Crippen LogP contribution < -0.4 is 0 Å². The molecule has 10 aromatic rings. The fraction of sp³-hybridized carbons (Fsp3) is 0. The third kappa shape index (κ3) is 3.57. The second-order valence-electron chi connectivity index (χ2n) is 12.0. The lowest BCUT2D eigenvalue weighted by molar-refractivity contribution is 1.18. The first kappa shape index (κ1) is 25.2. The summed E-state index contributed by atoms with van der Waals surface area (Å²) in [6, 6.07) is 59.0. The molecule has 0 atom stereocenters. The number of nitrogens with zero attached hydrogens (tertiary/aromatic N) is 3. The first-order valence-electron chi connectivity index (χ1n) is 15.7. The predicted molar refractivity (Wildman–Crippen MR) is 193 cm³/mol. The molecule has 3 heteroatoms. The maximum absolute atomic E-state index is 5.01. The molecule has 46 heavy (non-hydrogen) atoms. The Morgan fingerprint density at radius 3 is 1.35 bits per heavy atom. The van der Waals surface area contributed by atoms with Gasteiger partial charge in [-0.05, 0) is 71.8 Å². The van der Waals surface area contributed by atoms with Crippen molar-refractivity contribution >= 4 is 65.4 Å². The van der Waals surface area contributed by atoms with Crippen LogP contribution in [0.5, 0.6) is 0 Å². The van der Waals surface area contributed by atoms with E-state index in [2.05, 4.69) is 173 Å². The normalized spacial score (nSPS) is 11.9. The van der Waals surface area contributed by atoms with E-state index in [1.807, 2.05) is 0 Å². The van der Waals surface area contributed by atoms with Crippen LogP contribution in [0.25, 0.3) is 87.9 Å². The highest BCUT2D eigenvalue weighted by Gasteiger charge is 2.19. The maximum atomic E-state index is 5.01. The molecule has 0 saturated carbocycles. The molecular formula is C43H27N3. The first-order valence-corrected chi connectivity index (χ1v) is 15.7. The second-order valence-corrected chi connectivity index (χ2v) is 12.0. The molecule has 3 nitrogen and oxygen atoms in total. The summed E-state index contributed by atoms with van der Waals surface area (Å²) in [5.74, 6) is 0. The third-order valence-electron chi connectivity index (χ3n) is 9.48. The van der Waals surface area contributed by atoms with Gasteiger partial charge < -0.3 is 9.13 Å². The summed E-state index contributed by atoms with van der Waals surface area (Å²) in [5.41, 5.74) is 11.6. The van der Waals surface area contributed by atoms with E-state index in [0.29, 0.717) is 0 Å². The number of para-hydroxylation sites is 5. The van der Waals surface area contributed by atoms with Gasteiger partial charge in [0.1, 0.15) is 0 Å². The average molecular weight is 586 g/mol. The lowest BCUT2D eigenvalue weighted by Gasteiger charge is -2.15. The molecular weight excluding hydrogens is 558 g/mol. The summed E-state index contributed by atoms with van der Waals surface area (Å²) >= 11 is 0. The van der Waals surface area contributed by atoms with E-state index in [4.69, 9.17) is 4.98 Å². The summed E-state index contributed by atoms with van der Waals surface area (Å²) in [5, 5.41) is 7.30. The van der Waals surface area contributed by atoms with Crippen LogP contribution in [0.1, 0.15) is 0 Å². The van der Waals surface area contributed by atoms with Crippen LogP contribution in [-0.4, -0.2) is 14.1 Å². The van der Waals surface area contributed by atoms with Crippen molar-refractivity contribution in [1.29, 1.82) is 0 Å². The smallest absolute Gasteiger partial charge is 0.0730 e. The van der Waals surface area contributed by atoms with E-state index in [-0.39, 0.29) is 0 Å². The first-order chi connectivity index (χ1) is 22.8. The van der Waals surface area contributed by atoms with Gasteiger partial charge in [0.25, 0.3) is 0 Å². The van der Waals surface area contributed by atoms with E-state index < -0.39 is 0 Å². The van der Waals surface area contributed by atoms with Gasteiger partial charge in [-0.15, -0.1) is 0 Å². The van der Waals surface area contributed by atoms with Crippen molar-refractivity contribution in [3.8, 4) is 22.5 Å². The summed E-state index contributed by atoms with van der Waals surface area (Å²) in [4.78, 5) is 5.01. The number of rotatable bonds is 3. The van der Waals surface area contributed by atoms with Crippen LogP contribution in [0.15, 0.2) is 164 Å². The van der Waals surface area contributed by atoms with Crippen LogP contribution in [0.3, 0.4) is 0 Å². The molecule has 0 aliphatic rings. The van der Waals surface area contributed by atoms with Crippen molar-refractivity contribution in [2.45, 2.75) is 0 Å². The lowest BCUT2D eigenvalue weighted by Crippen LogP contribution is -1.98. The van der Waals surface area contributed by atoms with E-state index in [0.717, 1.165) is 21.8 Å². The van der Waals surface area contributed by atoms with Crippen molar-refractivity contribution < 1.29 is 0 Å². The molecule has 0 aliphatic carbocycles. The van der Waals surface area contributed by atoms with Crippen molar-refractivity contribution in [2.24, 2.45) is 0 Å². The van der Waals surface area contributed by atoms with Crippen LogP contribution in [0.4, 0.5) is 0 Å². The molecule has 0 N–H and O–H groups in total. The van der Waals surface area contributed by atoms with Gasteiger partial charge in [-0.3, -0.25) is 0 Å². The Labute approximate surface area is 265 Å². The van der Waals surface area contributed by atoms with Crippen LogP contribution in [0, 0.1) is 0 Å². The van der Waals surface area contributed by atoms with Crippen molar-refractivity contribution in [1.82, 2.24) is 14.1 Å². The Bertz CT molecular complexity index is 2750. The molecule has 0 amide bonds. The molecule has 0 bridgehead atoms. The number of hydrogen-bond acceptors (Lipinski definition) is 1. The van der Waals surface area contributed by atoms with Crippen molar-refractivity contribution in [3.05, 3.63) is 164 Å². The van der Waals surface area contributed by atoms with Gasteiger partial charge in [0.05, 0.1) is 38.8 Å². The van der Waals surface area contributed by atoms with Crippen LogP contribution in [0.2, 0.25) is 0 Å². The zero-order valence-electron chi connectivity index (χ0n) is 24.9. The molecule has 0 aliphatic heterocycles. The molecule has 0 unspecified atom stereocenters. The molecule has 0 spiro atoms. The highest BCUT2D eigenvalue weighted by atomic mass is 15.0. The Balaban J connectivity index is 1.23. The van der Waals surface area contributed by atoms with Crippen LogP contribution >= 0.6 is 0 Å². The van der Waals surface area contributed by atoms with E-state index >= 15 is 0 Å². The largest absolute Gasteiger partial charge is 0.309 e. The topological polar surface area (TPSA) is 22.8 Å². The minimum absolute atomic E-state index is 1.00. The summed E-state index contributed by atoms with van der Waals surface area (Å²) in [6.07, 6.45) is 0. The fourth-order valence-corrected chi connectivity index (χ4v) is 7.46. The van der Waals surface area contributed by atoms with Gasteiger partial charge in [-0.1, -0.05) is 103 Å². The SMILES string of the molecule is c1ccc(-n2c3ccccc3c3cc(-c4ccc5c(c4)c4ccccc4n5-c4c5ccccc5nc5ccccc45)ccc32)cc1. The van der Waals surface area contributed by atoms with Crippen molar-refractivity contribution in [2.75, 3.05) is 0 Å². The minimum atomic E-state index is 1.00. The number of aromatic nitrogens is 3. The van der Waals surface area contributed by atoms with E-state index in [1.54, 1.807) is 0 Å². The Hall–Kier alpha value is -6.19. The summed E-state index contributed by atoms with van der Waals surface area (Å²) in [7, 11) is 0. The van der Waals surface area contributed by atoms with Gasteiger partial charge in [-0.2, -0.15) is 0 Å². The Kier molecular flexibility index (Phi) is 5.28. The Morgan fingerprint density at radius 1 is 0.326 bits per heavy atom. The summed E-state index contributed by atoms with van der Waals surface area (Å²) < 4.78 is 4.81. The molecule has 214 valence electrons. The van der Waals surface area contributed by atoms with Crippen LogP contribution in [-0.2, 0) is 0 Å². The zero-order valence-corrected chi connectivity index (χ0v) is 24.9. The molecule has 7 aromatic carbocycles. The molecule has 0 saturated heterocycles. The van der Waals surface area contributed by atoms with E-state index in [1.165, 1.54) is 66.1 Å². The average Bonchev–Trinajstić information content (AvgIpc) is 3.63. The fourth-order valence-electron chi connectivity index (χ4n) is 7.46. The predicted octanol–water partition coefficient (Wildman–Crippen LogP) is 11.2. The molecule has 3 heterocycles. The molecule has 3 aromatic heterocycles. The zero-order chi connectivity index (χ0) is 30.2. The van der Waals surface area contributed by atoms with Gasteiger partial charge in [-0.25, -0.2) is 4.98 Å². The van der Waals surface area contributed by atoms with Gasteiger partial charge in [0, 0.05) is 38.0 Å². The standard InChI is InChI=1S/C43H27N3/c1-2-12-30(13-3-1)45-39-20-10-6-14-31(39)35-26-28(22-24-41(35)45)29-23-25-42-36(27-29)32-15-7-11-21-40(32)46(42)43-33-16-4-8-18-37(33)44-38-19-9-5-17-34(38)43/h1-27H. The quantitative estimate of drug-likeness (QED) is 0.189. The maximum Gasteiger partial charge on any atom is 0.0730 e. The minimum Gasteiger partial charge on any atom is -0.309 e. The number of fused-ring (bicyclic) bond motifs is 8. The van der Waals surface area contributed by atoms with Gasteiger partial charge in [0.15, 0.2) is 0 Å². The Morgan fingerprint density at radius 2 is 0.761 bits per heavy atom. The molecule has 0 radical (unpaired) electrons. The van der Waals surface area contributed by atoms with Gasteiger partial charge in [0.2, 0.25) is 0 Å². The number of hydrogen-bond donors (Lipinski definition) is 0. The lowest BCUT2D eigenvalue weighted by atomic mass is 10.0. The third-order valence-corrected chi connectivity index (χ3v) is 9.48. The van der Waals surface area contributed by atoms with Gasteiger partial charge >= 0.3 is 0 Å². The molecule has 0 fully saturated rings. The molecule has 10 rings (SSSR count). The number of pyridine rings is 1. The second kappa shape index (κ2) is 9.65. The van der Waals surface area contributed by atoms with Crippen molar-refractivity contribution in [3.63, 3.8) is 0 Å².